The zero-order valence-corrected chi connectivity index (χ0v) is 20.0. The van der Waals surface area contributed by atoms with Crippen molar-refractivity contribution in [3.05, 3.63) is 30.2 Å². The summed E-state index contributed by atoms with van der Waals surface area (Å²) >= 11 is 0. The van der Waals surface area contributed by atoms with Crippen LogP contribution in [0.1, 0.15) is 45.9 Å². The Labute approximate surface area is 196 Å². The van der Waals surface area contributed by atoms with Gasteiger partial charge >= 0.3 is 0 Å². The standard InChI is InChI=1S/C25H36N4O4/c1-4-31-22-7-5-21(6-8-22)25-26-23(33-27-25)9-10-24(30)29-13-11-20(12-14-29)17-28-15-18(2)32-19(3)16-28/h5-8,18-20H,4,9-17H2,1-3H3. The summed E-state index contributed by atoms with van der Waals surface area (Å²) in [6.45, 7) is 11.7. The molecule has 33 heavy (non-hydrogen) atoms. The lowest BCUT2D eigenvalue weighted by Crippen LogP contribution is -2.48. The highest BCUT2D eigenvalue weighted by atomic mass is 16.5. The molecule has 2 aromatic rings. The third kappa shape index (κ3) is 6.54. The molecular weight excluding hydrogens is 420 g/mol. The van der Waals surface area contributed by atoms with E-state index in [1.807, 2.05) is 36.1 Å². The fourth-order valence-corrected chi connectivity index (χ4v) is 4.88. The van der Waals surface area contributed by atoms with Crippen LogP contribution in [0.3, 0.4) is 0 Å². The van der Waals surface area contributed by atoms with E-state index in [1.165, 1.54) is 0 Å². The number of aromatic nitrogens is 2. The fourth-order valence-electron chi connectivity index (χ4n) is 4.88. The maximum absolute atomic E-state index is 12.7. The molecule has 2 aliphatic rings. The second-order valence-corrected chi connectivity index (χ2v) is 9.27. The van der Waals surface area contributed by atoms with E-state index >= 15 is 0 Å². The number of morpholine rings is 1. The van der Waals surface area contributed by atoms with Gasteiger partial charge in [-0.2, -0.15) is 4.98 Å². The summed E-state index contributed by atoms with van der Waals surface area (Å²) in [4.78, 5) is 21.7. The minimum Gasteiger partial charge on any atom is -0.494 e. The highest BCUT2D eigenvalue weighted by Crippen LogP contribution is 2.23. The van der Waals surface area contributed by atoms with Crippen molar-refractivity contribution in [2.75, 3.05) is 39.3 Å². The van der Waals surface area contributed by atoms with E-state index in [2.05, 4.69) is 28.9 Å². The van der Waals surface area contributed by atoms with Crippen LogP contribution in [-0.4, -0.2) is 77.4 Å². The number of hydrogen-bond acceptors (Lipinski definition) is 7. The Hall–Kier alpha value is -2.45. The third-order valence-electron chi connectivity index (χ3n) is 6.42. The summed E-state index contributed by atoms with van der Waals surface area (Å²) in [7, 11) is 0. The van der Waals surface area contributed by atoms with Crippen LogP contribution in [0.25, 0.3) is 11.4 Å². The van der Waals surface area contributed by atoms with Crippen molar-refractivity contribution in [2.24, 2.45) is 5.92 Å². The van der Waals surface area contributed by atoms with Gasteiger partial charge in [0.25, 0.3) is 0 Å². The van der Waals surface area contributed by atoms with Gasteiger partial charge in [-0.05, 0) is 63.8 Å². The van der Waals surface area contributed by atoms with Gasteiger partial charge < -0.3 is 18.9 Å². The van der Waals surface area contributed by atoms with Gasteiger partial charge in [0.15, 0.2) is 0 Å². The second-order valence-electron chi connectivity index (χ2n) is 9.27. The van der Waals surface area contributed by atoms with Crippen LogP contribution in [0.2, 0.25) is 0 Å². The molecule has 0 saturated carbocycles. The van der Waals surface area contributed by atoms with Crippen LogP contribution in [0.5, 0.6) is 5.75 Å². The first-order valence-electron chi connectivity index (χ1n) is 12.2. The Morgan fingerprint density at radius 2 is 1.82 bits per heavy atom. The van der Waals surface area contributed by atoms with Crippen molar-refractivity contribution in [3.8, 4) is 17.1 Å². The smallest absolute Gasteiger partial charge is 0.227 e. The minimum atomic E-state index is 0.169. The maximum atomic E-state index is 12.7. The van der Waals surface area contributed by atoms with Crippen molar-refractivity contribution in [1.82, 2.24) is 19.9 Å². The average molecular weight is 457 g/mol. The number of carbonyl (C=O) groups is 1. The molecule has 0 N–H and O–H groups in total. The van der Waals surface area contributed by atoms with Gasteiger partial charge in [-0.1, -0.05) is 5.16 Å². The van der Waals surface area contributed by atoms with Crippen LogP contribution in [-0.2, 0) is 16.0 Å². The highest BCUT2D eigenvalue weighted by Gasteiger charge is 2.28. The lowest BCUT2D eigenvalue weighted by Gasteiger charge is -2.39. The van der Waals surface area contributed by atoms with Crippen LogP contribution in [0, 0.1) is 5.92 Å². The molecule has 2 saturated heterocycles. The lowest BCUT2D eigenvalue weighted by atomic mass is 9.95. The molecule has 3 heterocycles. The van der Waals surface area contributed by atoms with Crippen LogP contribution in [0.4, 0.5) is 0 Å². The van der Waals surface area contributed by atoms with Crippen LogP contribution in [0.15, 0.2) is 28.8 Å². The van der Waals surface area contributed by atoms with Gasteiger partial charge in [0.05, 0.1) is 18.8 Å². The topological polar surface area (TPSA) is 80.9 Å². The molecule has 2 fully saturated rings. The van der Waals surface area contributed by atoms with Crippen molar-refractivity contribution in [1.29, 1.82) is 0 Å². The number of rotatable bonds is 8. The molecule has 2 atom stereocenters. The Morgan fingerprint density at radius 3 is 2.48 bits per heavy atom. The van der Waals surface area contributed by atoms with Crippen molar-refractivity contribution < 1.29 is 18.8 Å². The molecule has 0 aliphatic carbocycles. The van der Waals surface area contributed by atoms with Crippen molar-refractivity contribution >= 4 is 5.91 Å². The monoisotopic (exact) mass is 456 g/mol. The second kappa shape index (κ2) is 11.1. The molecule has 180 valence electrons. The van der Waals surface area contributed by atoms with Gasteiger partial charge in [-0.25, -0.2) is 0 Å². The molecular formula is C25H36N4O4. The van der Waals surface area contributed by atoms with E-state index in [-0.39, 0.29) is 5.91 Å². The summed E-state index contributed by atoms with van der Waals surface area (Å²) in [6.07, 6.45) is 3.59. The van der Waals surface area contributed by atoms with Crippen molar-refractivity contribution in [3.63, 3.8) is 0 Å². The Bertz CT molecular complexity index is 882. The molecule has 4 rings (SSSR count). The quantitative estimate of drug-likeness (QED) is 0.602. The first kappa shape index (κ1) is 23.7. The Balaban J connectivity index is 1.20. The molecule has 1 aromatic heterocycles. The molecule has 2 aliphatic heterocycles. The number of piperidine rings is 1. The van der Waals surface area contributed by atoms with Gasteiger partial charge in [0.1, 0.15) is 5.75 Å². The number of ether oxygens (including phenoxy) is 2. The predicted molar refractivity (Wildman–Crippen MR) is 125 cm³/mol. The molecule has 1 amide bonds. The molecule has 0 radical (unpaired) electrons. The van der Waals surface area contributed by atoms with E-state index in [1.54, 1.807) is 0 Å². The molecule has 0 bridgehead atoms. The van der Waals surface area contributed by atoms with Crippen molar-refractivity contribution in [2.45, 2.75) is 58.7 Å². The summed E-state index contributed by atoms with van der Waals surface area (Å²) in [5.41, 5.74) is 0.867. The van der Waals surface area contributed by atoms with Crippen LogP contribution < -0.4 is 4.74 Å². The Kier molecular flexibility index (Phi) is 7.98. The first-order chi connectivity index (χ1) is 16.0. The van der Waals surface area contributed by atoms with E-state index in [0.717, 1.165) is 56.9 Å². The highest BCUT2D eigenvalue weighted by molar-refractivity contribution is 5.76. The minimum absolute atomic E-state index is 0.169. The summed E-state index contributed by atoms with van der Waals surface area (Å²) in [5, 5.41) is 4.06. The number of benzene rings is 1. The average Bonchev–Trinajstić information content (AvgIpc) is 3.27. The Morgan fingerprint density at radius 1 is 1.12 bits per heavy atom. The predicted octanol–water partition coefficient (Wildman–Crippen LogP) is 3.42. The molecule has 8 heteroatoms. The van der Waals surface area contributed by atoms with Crippen LogP contribution >= 0.6 is 0 Å². The number of amides is 1. The fraction of sp³-hybridized carbons (Fsp3) is 0.640. The third-order valence-corrected chi connectivity index (χ3v) is 6.42. The number of likely N-dealkylation sites (tertiary alicyclic amines) is 1. The summed E-state index contributed by atoms with van der Waals surface area (Å²) in [6, 6.07) is 7.60. The maximum Gasteiger partial charge on any atom is 0.227 e. The molecule has 8 nitrogen and oxygen atoms in total. The normalized spacial score (nSPS) is 22.5. The number of aryl methyl sites for hydroxylation is 1. The molecule has 1 aromatic carbocycles. The number of carbonyl (C=O) groups excluding carboxylic acids is 1. The van der Waals surface area contributed by atoms with E-state index < -0.39 is 0 Å². The SMILES string of the molecule is CCOc1ccc(-c2noc(CCC(=O)N3CCC(CN4CC(C)OC(C)C4)CC3)n2)cc1. The van der Waals surface area contributed by atoms with Gasteiger partial charge in [-0.3, -0.25) is 9.69 Å². The molecule has 2 unspecified atom stereocenters. The van der Waals surface area contributed by atoms with Gasteiger partial charge in [-0.15, -0.1) is 0 Å². The number of hydrogen-bond donors (Lipinski definition) is 0. The number of nitrogens with zero attached hydrogens (tertiary/aromatic N) is 4. The summed E-state index contributed by atoms with van der Waals surface area (Å²) in [5.74, 6) is 2.67. The van der Waals surface area contributed by atoms with E-state index in [4.69, 9.17) is 14.0 Å². The van der Waals surface area contributed by atoms with Gasteiger partial charge in [0, 0.05) is 51.1 Å². The first-order valence-corrected chi connectivity index (χ1v) is 12.2. The van der Waals surface area contributed by atoms with Gasteiger partial charge in [0.2, 0.25) is 17.6 Å². The van der Waals surface area contributed by atoms with E-state index in [0.29, 0.717) is 49.3 Å². The summed E-state index contributed by atoms with van der Waals surface area (Å²) < 4.78 is 16.7. The zero-order valence-electron chi connectivity index (χ0n) is 20.0. The molecule has 0 spiro atoms. The largest absolute Gasteiger partial charge is 0.494 e. The zero-order chi connectivity index (χ0) is 23.2. The van der Waals surface area contributed by atoms with E-state index in [9.17, 15) is 4.79 Å². The lowest BCUT2D eigenvalue weighted by molar-refractivity contribution is -0.132.